The van der Waals surface area contributed by atoms with Crippen molar-refractivity contribution in [3.8, 4) is 11.3 Å². The number of hydrogen-bond acceptors (Lipinski definition) is 7. The van der Waals surface area contributed by atoms with Gasteiger partial charge in [-0.15, -0.1) is 0 Å². The highest BCUT2D eigenvalue weighted by molar-refractivity contribution is 6.01. The van der Waals surface area contributed by atoms with Gasteiger partial charge in [-0.3, -0.25) is 4.79 Å². The first-order valence-corrected chi connectivity index (χ1v) is 11.7. The summed E-state index contributed by atoms with van der Waals surface area (Å²) in [4.78, 5) is 22.5. The zero-order valence-electron chi connectivity index (χ0n) is 18.9. The first kappa shape index (κ1) is 21.1. The molecule has 2 atom stereocenters. The molecule has 2 aliphatic rings. The molecule has 5 heterocycles. The lowest BCUT2D eigenvalue weighted by atomic mass is 9.89. The molecule has 0 unspecified atom stereocenters. The van der Waals surface area contributed by atoms with E-state index in [1.807, 2.05) is 25.4 Å². The highest BCUT2D eigenvalue weighted by atomic mass is 16.5. The van der Waals surface area contributed by atoms with Crippen LogP contribution in [0.15, 0.2) is 36.8 Å². The van der Waals surface area contributed by atoms with Crippen molar-refractivity contribution in [2.75, 3.05) is 25.6 Å². The van der Waals surface area contributed by atoms with Gasteiger partial charge in [-0.25, -0.2) is 9.97 Å². The maximum atomic E-state index is 13.0. The molecule has 34 heavy (non-hydrogen) atoms. The number of anilines is 1. The van der Waals surface area contributed by atoms with Crippen LogP contribution in [-0.4, -0.2) is 67.6 Å². The van der Waals surface area contributed by atoms with Crippen LogP contribution in [0.3, 0.4) is 0 Å². The molecule has 1 aliphatic carbocycles. The van der Waals surface area contributed by atoms with Crippen LogP contribution in [0.4, 0.5) is 5.82 Å². The van der Waals surface area contributed by atoms with Crippen LogP contribution < -0.4 is 10.6 Å². The summed E-state index contributed by atoms with van der Waals surface area (Å²) in [5.41, 5.74) is 3.45. The topological polar surface area (TPSA) is 119 Å². The Labute approximate surface area is 196 Å². The molecule has 0 spiro atoms. The number of rotatable bonds is 5. The van der Waals surface area contributed by atoms with E-state index in [2.05, 4.69) is 37.5 Å². The monoisotopic (exact) mass is 461 g/mol. The molecule has 0 aromatic carbocycles. The van der Waals surface area contributed by atoms with Gasteiger partial charge < -0.3 is 25.0 Å². The lowest BCUT2D eigenvalue weighted by molar-refractivity contribution is 0.0448. The summed E-state index contributed by atoms with van der Waals surface area (Å²) in [5.74, 6) is 0.440. The van der Waals surface area contributed by atoms with Gasteiger partial charge in [0.2, 0.25) is 0 Å². The molecule has 1 saturated carbocycles. The summed E-state index contributed by atoms with van der Waals surface area (Å²) in [6, 6.07) is 6.02. The van der Waals surface area contributed by atoms with Crippen molar-refractivity contribution < 1.29 is 14.6 Å². The minimum atomic E-state index is -0.494. The van der Waals surface area contributed by atoms with Crippen molar-refractivity contribution in [1.29, 1.82) is 0 Å². The molecule has 3 N–H and O–H groups in total. The molecule has 6 rings (SSSR count). The fraction of sp³-hybridized carbons (Fsp3) is 0.417. The van der Waals surface area contributed by atoms with Gasteiger partial charge in [0, 0.05) is 55.7 Å². The van der Waals surface area contributed by atoms with E-state index in [-0.39, 0.29) is 11.9 Å². The molecule has 4 aromatic heterocycles. The Morgan fingerprint density at radius 3 is 2.79 bits per heavy atom. The number of aromatic nitrogens is 5. The minimum absolute atomic E-state index is 0.224. The quantitative estimate of drug-likeness (QED) is 0.418. The van der Waals surface area contributed by atoms with E-state index in [1.54, 1.807) is 4.52 Å². The molecule has 1 saturated heterocycles. The van der Waals surface area contributed by atoms with Gasteiger partial charge >= 0.3 is 0 Å². The Hall–Kier alpha value is -3.50. The third-order valence-electron chi connectivity index (χ3n) is 6.98. The van der Waals surface area contributed by atoms with E-state index in [4.69, 9.17) is 9.72 Å². The number of aliphatic hydroxyl groups excluding tert-OH is 1. The number of hydrogen-bond donors (Lipinski definition) is 3. The van der Waals surface area contributed by atoms with Crippen LogP contribution in [0.2, 0.25) is 0 Å². The molecule has 1 aliphatic heterocycles. The fourth-order valence-corrected chi connectivity index (χ4v) is 4.86. The van der Waals surface area contributed by atoms with Gasteiger partial charge in [-0.05, 0) is 37.8 Å². The van der Waals surface area contributed by atoms with Gasteiger partial charge in [0.1, 0.15) is 17.0 Å². The summed E-state index contributed by atoms with van der Waals surface area (Å²) in [6.07, 6.45) is 8.31. The summed E-state index contributed by atoms with van der Waals surface area (Å²) in [7, 11) is 1.82. The second-order valence-corrected chi connectivity index (χ2v) is 8.96. The smallest absolute Gasteiger partial charge is 0.257 e. The normalized spacial score (nSPS) is 21.0. The first-order chi connectivity index (χ1) is 16.6. The maximum absolute atomic E-state index is 13.0. The second kappa shape index (κ2) is 8.37. The zero-order chi connectivity index (χ0) is 23.2. The number of aliphatic hydroxyl groups is 1. The van der Waals surface area contributed by atoms with Crippen LogP contribution in [0.1, 0.15) is 42.1 Å². The van der Waals surface area contributed by atoms with E-state index >= 15 is 0 Å². The van der Waals surface area contributed by atoms with E-state index in [1.165, 1.54) is 6.20 Å². The van der Waals surface area contributed by atoms with Crippen molar-refractivity contribution in [3.63, 3.8) is 0 Å². The highest BCUT2D eigenvalue weighted by Crippen LogP contribution is 2.34. The van der Waals surface area contributed by atoms with Crippen LogP contribution in [0, 0.1) is 0 Å². The number of nitrogens with zero attached hydrogens (tertiary/aromatic N) is 5. The summed E-state index contributed by atoms with van der Waals surface area (Å²) in [5, 5.41) is 21.4. The molecule has 1 amide bonds. The predicted molar refractivity (Wildman–Crippen MR) is 127 cm³/mol. The standard InChI is InChI=1S/C24H27N7O3/c1-25-21-11-19(28-23-16(12-27-31(21)23)24(33)29-18-4-5-20(18)32)17-13-30(14-6-9-34-10-7-14)22-15(17)3-2-8-26-22/h2-3,8,11-14,18,20,25,32H,4-7,9-10H2,1H3,(H,29,33)/t18-,20+/m0/s1. The number of fused-ring (bicyclic) bond motifs is 2. The molecule has 10 heteroatoms. The van der Waals surface area contributed by atoms with Gasteiger partial charge in [0.05, 0.1) is 24.0 Å². The summed E-state index contributed by atoms with van der Waals surface area (Å²) < 4.78 is 9.43. The summed E-state index contributed by atoms with van der Waals surface area (Å²) in [6.45, 7) is 1.48. The minimum Gasteiger partial charge on any atom is -0.391 e. The molecule has 2 fully saturated rings. The van der Waals surface area contributed by atoms with E-state index in [9.17, 15) is 9.90 Å². The van der Waals surface area contributed by atoms with Crippen LogP contribution >= 0.6 is 0 Å². The van der Waals surface area contributed by atoms with Crippen LogP contribution in [0.5, 0.6) is 0 Å². The highest BCUT2D eigenvalue weighted by Gasteiger charge is 2.31. The van der Waals surface area contributed by atoms with Gasteiger partial charge in [0.15, 0.2) is 5.65 Å². The lowest BCUT2D eigenvalue weighted by Gasteiger charge is -2.32. The first-order valence-electron chi connectivity index (χ1n) is 11.7. The SMILES string of the molecule is CNc1cc(-c2cn(C3CCOCC3)c3ncccc23)nc2c(C(=O)N[C@H]3CC[C@H]3O)cnn12. The van der Waals surface area contributed by atoms with E-state index in [0.29, 0.717) is 23.7 Å². The lowest BCUT2D eigenvalue weighted by Crippen LogP contribution is -2.50. The fourth-order valence-electron chi connectivity index (χ4n) is 4.86. The Morgan fingerprint density at radius 2 is 2.06 bits per heavy atom. The largest absolute Gasteiger partial charge is 0.391 e. The number of amides is 1. The molecular formula is C24H27N7O3. The Kier molecular flexibility index (Phi) is 5.19. The van der Waals surface area contributed by atoms with Crippen molar-refractivity contribution in [2.45, 2.75) is 43.9 Å². The van der Waals surface area contributed by atoms with Crippen molar-refractivity contribution >= 4 is 28.4 Å². The van der Waals surface area contributed by atoms with Crippen LogP contribution in [0.25, 0.3) is 27.9 Å². The predicted octanol–water partition coefficient (Wildman–Crippen LogP) is 2.39. The average Bonchev–Trinajstić information content (AvgIpc) is 3.48. The average molecular weight is 462 g/mol. The molecule has 0 bridgehead atoms. The summed E-state index contributed by atoms with van der Waals surface area (Å²) >= 11 is 0. The maximum Gasteiger partial charge on any atom is 0.257 e. The van der Waals surface area contributed by atoms with Gasteiger partial charge in [-0.1, -0.05) is 0 Å². The molecule has 10 nitrogen and oxygen atoms in total. The van der Waals surface area contributed by atoms with Crippen LogP contribution in [-0.2, 0) is 4.74 Å². The van der Waals surface area contributed by atoms with Gasteiger partial charge in [-0.2, -0.15) is 9.61 Å². The zero-order valence-corrected chi connectivity index (χ0v) is 18.9. The second-order valence-electron chi connectivity index (χ2n) is 8.96. The Balaban J connectivity index is 1.46. The molecule has 4 aromatic rings. The van der Waals surface area contributed by atoms with Crippen molar-refractivity contribution in [1.82, 2.24) is 29.5 Å². The third-order valence-corrected chi connectivity index (χ3v) is 6.98. The Bertz CT molecular complexity index is 1370. The number of nitrogens with one attached hydrogen (secondary N) is 2. The molecule has 0 radical (unpaired) electrons. The molecule has 176 valence electrons. The number of pyridine rings is 1. The number of ether oxygens (including phenoxy) is 1. The third kappa shape index (κ3) is 3.41. The number of carbonyl (C=O) groups excluding carboxylic acids is 1. The van der Waals surface area contributed by atoms with Crippen molar-refractivity contribution in [2.24, 2.45) is 0 Å². The molecular weight excluding hydrogens is 434 g/mol. The van der Waals surface area contributed by atoms with E-state index in [0.717, 1.165) is 60.6 Å². The van der Waals surface area contributed by atoms with Crippen molar-refractivity contribution in [3.05, 3.63) is 42.4 Å². The number of carbonyl (C=O) groups is 1. The van der Waals surface area contributed by atoms with E-state index < -0.39 is 6.10 Å². The van der Waals surface area contributed by atoms with Gasteiger partial charge in [0.25, 0.3) is 5.91 Å². The Morgan fingerprint density at radius 1 is 1.21 bits per heavy atom.